The van der Waals surface area contributed by atoms with E-state index >= 15 is 0 Å². The molecule has 2 heterocycles. The fourth-order valence-corrected chi connectivity index (χ4v) is 9.02. The van der Waals surface area contributed by atoms with Crippen LogP contribution in [0.1, 0.15) is 87.8 Å². The molecule has 0 saturated heterocycles. The van der Waals surface area contributed by atoms with Gasteiger partial charge < -0.3 is 4.74 Å². The number of sulfonamides is 1. The van der Waals surface area contributed by atoms with E-state index in [4.69, 9.17) is 4.74 Å². The highest BCUT2D eigenvalue weighted by molar-refractivity contribution is 7.92. The Morgan fingerprint density at radius 1 is 0.976 bits per heavy atom. The topological polar surface area (TPSA) is 81.2 Å². The second kappa shape index (κ2) is 11.0. The van der Waals surface area contributed by atoms with Crippen molar-refractivity contribution >= 4 is 16.0 Å². The lowest BCUT2D eigenvalue weighted by Crippen LogP contribution is -2.44. The molecule has 1 aromatic heterocycles. The summed E-state index contributed by atoms with van der Waals surface area (Å²) in [6.45, 7) is 9.15. The van der Waals surface area contributed by atoms with Gasteiger partial charge in [-0.05, 0) is 97.9 Å². The first-order chi connectivity index (χ1) is 19.6. The van der Waals surface area contributed by atoms with E-state index in [2.05, 4.69) is 34.6 Å². The van der Waals surface area contributed by atoms with Gasteiger partial charge >= 0.3 is 0 Å². The third-order valence-electron chi connectivity index (χ3n) is 9.76. The predicted molar refractivity (Wildman–Crippen MR) is 164 cm³/mol. The zero-order valence-electron chi connectivity index (χ0n) is 24.8. The van der Waals surface area contributed by atoms with Crippen molar-refractivity contribution in [2.75, 3.05) is 11.3 Å². The molecule has 2 atom stereocenters. The molecule has 0 radical (unpaired) electrons. The summed E-state index contributed by atoms with van der Waals surface area (Å²) in [6, 6.07) is 15.6. The van der Waals surface area contributed by atoms with Crippen LogP contribution >= 0.6 is 0 Å². The number of hydrogen-bond donors (Lipinski definition) is 1. The Bertz CT molecular complexity index is 1500. The fourth-order valence-electron chi connectivity index (χ4n) is 8.02. The van der Waals surface area contributed by atoms with Crippen LogP contribution in [0.15, 0.2) is 53.4 Å². The molecule has 7 heteroatoms. The van der Waals surface area contributed by atoms with Gasteiger partial charge in [-0.2, -0.15) is 4.98 Å². The van der Waals surface area contributed by atoms with E-state index in [0.717, 1.165) is 28.7 Å². The number of benzene rings is 2. The number of nitrogens with zero attached hydrogens (tertiary/aromatic N) is 2. The van der Waals surface area contributed by atoms with Crippen LogP contribution in [0.25, 0.3) is 11.3 Å². The smallest absolute Gasteiger partial charge is 0.264 e. The SMILES string of the molecule is Cc1cccc(C)c1-c1cc2nc(n1)NS(=O)(=O)c1cccc(c1)C(C1CC3(CCCCC3)C1)C(CC(C)C)CO2. The van der Waals surface area contributed by atoms with Gasteiger partial charge in [0.25, 0.3) is 10.0 Å². The Kier molecular flexibility index (Phi) is 7.60. The molecule has 218 valence electrons. The third-order valence-corrected chi connectivity index (χ3v) is 11.1. The quantitative estimate of drug-likeness (QED) is 0.341. The number of hydrogen-bond acceptors (Lipinski definition) is 5. The molecule has 2 unspecified atom stereocenters. The second-order valence-corrected chi connectivity index (χ2v) is 15.0. The van der Waals surface area contributed by atoms with Gasteiger partial charge in [0.1, 0.15) is 0 Å². The maximum absolute atomic E-state index is 13.7. The van der Waals surface area contributed by atoms with Crippen molar-refractivity contribution in [3.8, 4) is 17.1 Å². The average Bonchev–Trinajstić information content (AvgIpc) is 2.90. The highest BCUT2D eigenvalue weighted by Gasteiger charge is 2.49. The van der Waals surface area contributed by atoms with E-state index in [1.54, 1.807) is 6.07 Å². The minimum Gasteiger partial charge on any atom is -0.477 e. The number of fused-ring (bicyclic) bond motifs is 4. The van der Waals surface area contributed by atoms with Crippen molar-refractivity contribution in [3.63, 3.8) is 0 Å². The van der Waals surface area contributed by atoms with Gasteiger partial charge in [-0.1, -0.05) is 63.4 Å². The Morgan fingerprint density at radius 2 is 1.68 bits per heavy atom. The number of nitrogens with one attached hydrogen (secondary N) is 1. The number of aromatic nitrogens is 2. The maximum atomic E-state index is 13.7. The Hall–Kier alpha value is -2.93. The molecule has 2 saturated carbocycles. The lowest BCUT2D eigenvalue weighted by molar-refractivity contribution is -0.0166. The zero-order chi connectivity index (χ0) is 28.8. The van der Waals surface area contributed by atoms with Crippen LogP contribution in [-0.4, -0.2) is 25.0 Å². The Balaban J connectivity index is 1.43. The van der Waals surface area contributed by atoms with Crippen molar-refractivity contribution in [1.29, 1.82) is 0 Å². The molecule has 1 aliphatic heterocycles. The highest BCUT2D eigenvalue weighted by atomic mass is 32.2. The molecule has 2 aromatic carbocycles. The maximum Gasteiger partial charge on any atom is 0.264 e. The van der Waals surface area contributed by atoms with Gasteiger partial charge in [-0.15, -0.1) is 0 Å². The molecule has 2 fully saturated rings. The van der Waals surface area contributed by atoms with E-state index in [0.29, 0.717) is 35.4 Å². The fraction of sp³-hybridized carbons (Fsp3) is 0.529. The molecule has 6 nitrogen and oxygen atoms in total. The molecule has 1 spiro atoms. The summed E-state index contributed by atoms with van der Waals surface area (Å²) in [5.41, 5.74) is 5.36. The van der Waals surface area contributed by atoms with E-state index in [-0.39, 0.29) is 22.7 Å². The van der Waals surface area contributed by atoms with Gasteiger partial charge in [0.15, 0.2) is 0 Å². The van der Waals surface area contributed by atoms with Gasteiger partial charge in [-0.3, -0.25) is 0 Å². The van der Waals surface area contributed by atoms with E-state index in [1.165, 1.54) is 44.9 Å². The molecular formula is C34H43N3O3S. The lowest BCUT2D eigenvalue weighted by atomic mass is 9.51. The van der Waals surface area contributed by atoms with Crippen LogP contribution in [0.2, 0.25) is 0 Å². The van der Waals surface area contributed by atoms with Crippen molar-refractivity contribution < 1.29 is 13.2 Å². The number of anilines is 1. The van der Waals surface area contributed by atoms with Crippen LogP contribution in [0.3, 0.4) is 0 Å². The largest absolute Gasteiger partial charge is 0.477 e. The highest BCUT2D eigenvalue weighted by Crippen LogP contribution is 2.60. The molecule has 4 bridgehead atoms. The first-order valence-electron chi connectivity index (χ1n) is 15.3. The molecule has 6 rings (SSSR count). The van der Waals surface area contributed by atoms with E-state index < -0.39 is 10.0 Å². The van der Waals surface area contributed by atoms with Crippen molar-refractivity contribution in [3.05, 3.63) is 65.2 Å². The third kappa shape index (κ3) is 5.75. The predicted octanol–water partition coefficient (Wildman–Crippen LogP) is 8.06. The first-order valence-corrected chi connectivity index (χ1v) is 16.8. The number of ether oxygens (including phenoxy) is 1. The minimum absolute atomic E-state index is 0.0290. The lowest BCUT2D eigenvalue weighted by Gasteiger charge is -2.54. The molecular weight excluding hydrogens is 530 g/mol. The van der Waals surface area contributed by atoms with Crippen LogP contribution in [0.5, 0.6) is 5.88 Å². The molecule has 0 amide bonds. The minimum atomic E-state index is -3.90. The van der Waals surface area contributed by atoms with Crippen LogP contribution in [0, 0.1) is 37.0 Å². The molecule has 41 heavy (non-hydrogen) atoms. The van der Waals surface area contributed by atoms with Gasteiger partial charge in [0.2, 0.25) is 11.8 Å². The van der Waals surface area contributed by atoms with Crippen molar-refractivity contribution in [1.82, 2.24) is 9.97 Å². The summed E-state index contributed by atoms with van der Waals surface area (Å²) in [5, 5.41) is 0. The van der Waals surface area contributed by atoms with Crippen LogP contribution in [0.4, 0.5) is 5.95 Å². The van der Waals surface area contributed by atoms with Crippen molar-refractivity contribution in [2.24, 2.45) is 23.2 Å². The Labute approximate surface area is 245 Å². The summed E-state index contributed by atoms with van der Waals surface area (Å²) in [5.74, 6) is 1.93. The van der Waals surface area contributed by atoms with Gasteiger partial charge in [-0.25, -0.2) is 18.1 Å². The average molecular weight is 574 g/mol. The zero-order valence-corrected chi connectivity index (χ0v) is 25.6. The molecule has 1 N–H and O–H groups in total. The normalized spacial score (nSPS) is 23.5. The monoisotopic (exact) mass is 573 g/mol. The van der Waals surface area contributed by atoms with Crippen molar-refractivity contribution in [2.45, 2.75) is 89.9 Å². The number of aryl methyl sites for hydroxylation is 2. The van der Waals surface area contributed by atoms with E-state index in [1.807, 2.05) is 50.2 Å². The van der Waals surface area contributed by atoms with Crippen LogP contribution < -0.4 is 9.46 Å². The van der Waals surface area contributed by atoms with Crippen LogP contribution in [-0.2, 0) is 10.0 Å². The van der Waals surface area contributed by atoms with E-state index in [9.17, 15) is 8.42 Å². The number of rotatable bonds is 4. The molecule has 2 aliphatic carbocycles. The standard InChI is InChI=1S/C34H43N3O3S/c1-22(2)16-26-21-40-30-18-29(31-23(3)10-8-11-24(31)4)35-33(36-30)37-41(38,39)28-13-9-12-25(17-28)32(26)27-19-34(20-27)14-6-5-7-15-34/h8-13,17-18,22,26-27,32H,5-7,14-16,19-21H2,1-4H3,(H,35,36,37). The summed E-state index contributed by atoms with van der Waals surface area (Å²) < 4.78 is 36.6. The Morgan fingerprint density at radius 3 is 2.39 bits per heavy atom. The summed E-state index contributed by atoms with van der Waals surface area (Å²) in [7, 11) is -3.90. The summed E-state index contributed by atoms with van der Waals surface area (Å²) in [4.78, 5) is 9.47. The molecule has 3 aromatic rings. The van der Waals surface area contributed by atoms with Gasteiger partial charge in [0.05, 0.1) is 17.2 Å². The molecule has 3 aliphatic rings. The summed E-state index contributed by atoms with van der Waals surface area (Å²) >= 11 is 0. The first kappa shape index (κ1) is 28.2. The van der Waals surface area contributed by atoms with Gasteiger partial charge in [0, 0.05) is 17.5 Å². The summed E-state index contributed by atoms with van der Waals surface area (Å²) in [6.07, 6.45) is 10.2. The second-order valence-electron chi connectivity index (χ2n) is 13.3.